The van der Waals surface area contributed by atoms with Crippen LogP contribution in [0.25, 0.3) is 0 Å². The molecule has 0 amide bonds. The van der Waals surface area contributed by atoms with Gasteiger partial charge in [-0.25, -0.2) is 0 Å². The van der Waals surface area contributed by atoms with Crippen molar-refractivity contribution in [3.05, 3.63) is 35.1 Å². The van der Waals surface area contributed by atoms with Crippen molar-refractivity contribution in [3.8, 4) is 0 Å². The molecule has 3 rings (SSSR count). The topological polar surface area (TPSA) is 89.2 Å². The molecule has 1 aromatic carbocycles. The highest BCUT2D eigenvalue weighted by molar-refractivity contribution is 6.30. The molecular formula is C16H21ClN6O. The molecule has 0 radical (unpaired) electrons. The van der Waals surface area contributed by atoms with E-state index in [2.05, 4.69) is 25.2 Å². The van der Waals surface area contributed by atoms with E-state index < -0.39 is 5.54 Å². The van der Waals surface area contributed by atoms with Gasteiger partial charge in [0.2, 0.25) is 11.9 Å². The van der Waals surface area contributed by atoms with Crippen LogP contribution < -0.4 is 16.0 Å². The monoisotopic (exact) mass is 348 g/mol. The quantitative estimate of drug-likeness (QED) is 0.876. The number of nitrogens with zero attached hydrogens (tertiary/aromatic N) is 4. The lowest BCUT2D eigenvalue weighted by Crippen LogP contribution is -2.39. The summed E-state index contributed by atoms with van der Waals surface area (Å²) in [6, 6.07) is 7.35. The molecular weight excluding hydrogens is 328 g/mol. The lowest BCUT2D eigenvalue weighted by Gasteiger charge is -2.28. The molecule has 1 fully saturated rings. The zero-order valence-corrected chi connectivity index (χ0v) is 14.5. The molecule has 24 heavy (non-hydrogen) atoms. The minimum absolute atomic E-state index is 0.460. The molecule has 1 aromatic heterocycles. The van der Waals surface area contributed by atoms with Crippen molar-refractivity contribution in [1.29, 1.82) is 0 Å². The fraction of sp³-hybridized carbons (Fsp3) is 0.438. The Labute approximate surface area is 146 Å². The molecule has 2 heterocycles. The van der Waals surface area contributed by atoms with E-state index in [9.17, 15) is 0 Å². The summed E-state index contributed by atoms with van der Waals surface area (Å²) < 4.78 is 5.39. The molecule has 7 nitrogen and oxygen atoms in total. The van der Waals surface area contributed by atoms with Gasteiger partial charge in [0.05, 0.1) is 18.8 Å². The number of nitrogens with one attached hydrogen (secondary N) is 1. The van der Waals surface area contributed by atoms with Crippen LogP contribution in [-0.2, 0) is 10.3 Å². The molecule has 1 aliphatic rings. The second-order valence-corrected chi connectivity index (χ2v) is 6.67. The van der Waals surface area contributed by atoms with Gasteiger partial charge in [-0.1, -0.05) is 11.6 Å². The van der Waals surface area contributed by atoms with E-state index in [4.69, 9.17) is 22.1 Å². The van der Waals surface area contributed by atoms with Gasteiger partial charge in [0.25, 0.3) is 0 Å². The summed E-state index contributed by atoms with van der Waals surface area (Å²) in [7, 11) is 0. The predicted octanol–water partition coefficient (Wildman–Crippen LogP) is 2.30. The molecule has 0 atom stereocenters. The summed E-state index contributed by atoms with van der Waals surface area (Å²) in [6.07, 6.45) is 0. The molecule has 2 aromatic rings. The van der Waals surface area contributed by atoms with E-state index >= 15 is 0 Å². The number of morpholine rings is 1. The summed E-state index contributed by atoms with van der Waals surface area (Å²) in [6.45, 7) is 6.55. The molecule has 0 aliphatic carbocycles. The van der Waals surface area contributed by atoms with E-state index in [1.807, 2.05) is 38.1 Å². The second-order valence-electron chi connectivity index (χ2n) is 6.24. The molecule has 3 N–H and O–H groups in total. The van der Waals surface area contributed by atoms with Crippen molar-refractivity contribution >= 4 is 29.2 Å². The Balaban J connectivity index is 1.93. The van der Waals surface area contributed by atoms with Crippen LogP contribution >= 0.6 is 11.6 Å². The number of rotatable bonds is 4. The summed E-state index contributed by atoms with van der Waals surface area (Å²) in [5, 5.41) is 3.86. The Hall–Kier alpha value is -1.96. The highest BCUT2D eigenvalue weighted by atomic mass is 35.5. The molecule has 0 unspecified atom stereocenters. The van der Waals surface area contributed by atoms with E-state index in [1.54, 1.807) is 0 Å². The Kier molecular flexibility index (Phi) is 4.84. The third-order valence-corrected chi connectivity index (χ3v) is 3.85. The summed E-state index contributed by atoms with van der Waals surface area (Å²) >= 11 is 5.92. The average molecular weight is 349 g/mol. The van der Waals surface area contributed by atoms with Gasteiger partial charge in [-0.3, -0.25) is 0 Å². The van der Waals surface area contributed by atoms with Gasteiger partial charge in [-0.2, -0.15) is 15.0 Å². The van der Waals surface area contributed by atoms with Crippen LogP contribution in [0.15, 0.2) is 24.3 Å². The van der Waals surface area contributed by atoms with Crippen molar-refractivity contribution in [3.63, 3.8) is 0 Å². The standard InChI is InChI=1S/C16H21ClN6O/c1-16(2,18)13-20-14(19-12-5-3-11(17)4-6-12)22-15(21-13)23-7-9-24-10-8-23/h3-6H,7-10,18H2,1-2H3,(H,19,20,21,22). The third-order valence-electron chi connectivity index (χ3n) is 3.59. The fourth-order valence-electron chi connectivity index (χ4n) is 2.28. The van der Waals surface area contributed by atoms with Crippen molar-refractivity contribution in [2.75, 3.05) is 36.5 Å². The lowest BCUT2D eigenvalue weighted by atomic mass is 10.1. The first-order chi connectivity index (χ1) is 11.4. The van der Waals surface area contributed by atoms with Gasteiger partial charge in [-0.15, -0.1) is 0 Å². The summed E-state index contributed by atoms with van der Waals surface area (Å²) in [5.41, 5.74) is 6.38. The van der Waals surface area contributed by atoms with Gasteiger partial charge < -0.3 is 20.7 Å². The Morgan fingerprint density at radius 3 is 2.42 bits per heavy atom. The van der Waals surface area contributed by atoms with Crippen LogP contribution in [0.1, 0.15) is 19.7 Å². The highest BCUT2D eigenvalue weighted by Crippen LogP contribution is 2.22. The average Bonchev–Trinajstić information content (AvgIpc) is 2.57. The third kappa shape index (κ3) is 4.11. The molecule has 1 saturated heterocycles. The SMILES string of the molecule is CC(C)(N)c1nc(Nc2ccc(Cl)cc2)nc(N2CCOCC2)n1. The fourth-order valence-corrected chi connectivity index (χ4v) is 2.40. The molecule has 0 spiro atoms. The lowest BCUT2D eigenvalue weighted by molar-refractivity contribution is 0.122. The van der Waals surface area contributed by atoms with Crippen LogP contribution in [0.4, 0.5) is 17.6 Å². The predicted molar refractivity (Wildman–Crippen MR) is 94.8 cm³/mol. The largest absolute Gasteiger partial charge is 0.378 e. The van der Waals surface area contributed by atoms with Crippen molar-refractivity contribution in [2.45, 2.75) is 19.4 Å². The van der Waals surface area contributed by atoms with Gasteiger partial charge in [0, 0.05) is 23.8 Å². The van der Waals surface area contributed by atoms with Crippen molar-refractivity contribution in [1.82, 2.24) is 15.0 Å². The number of anilines is 3. The maximum absolute atomic E-state index is 6.20. The van der Waals surface area contributed by atoms with E-state index in [0.29, 0.717) is 36.0 Å². The van der Waals surface area contributed by atoms with Crippen LogP contribution in [0.5, 0.6) is 0 Å². The first-order valence-electron chi connectivity index (χ1n) is 7.82. The summed E-state index contributed by atoms with van der Waals surface area (Å²) in [5.74, 6) is 1.61. The van der Waals surface area contributed by atoms with Crippen LogP contribution in [0.3, 0.4) is 0 Å². The van der Waals surface area contributed by atoms with Gasteiger partial charge in [0.1, 0.15) is 0 Å². The Bertz CT molecular complexity index is 695. The second kappa shape index (κ2) is 6.88. The van der Waals surface area contributed by atoms with Gasteiger partial charge >= 0.3 is 0 Å². The van der Waals surface area contributed by atoms with Crippen molar-refractivity contribution in [2.24, 2.45) is 5.73 Å². The highest BCUT2D eigenvalue weighted by Gasteiger charge is 2.23. The van der Waals surface area contributed by atoms with Crippen molar-refractivity contribution < 1.29 is 4.74 Å². The normalized spacial score (nSPS) is 15.4. The smallest absolute Gasteiger partial charge is 0.232 e. The Morgan fingerprint density at radius 1 is 1.12 bits per heavy atom. The van der Waals surface area contributed by atoms with Crippen LogP contribution in [0.2, 0.25) is 5.02 Å². The number of nitrogens with two attached hydrogens (primary N) is 1. The Morgan fingerprint density at radius 2 is 1.79 bits per heavy atom. The molecule has 0 bridgehead atoms. The zero-order chi connectivity index (χ0) is 17.2. The molecule has 1 aliphatic heterocycles. The number of halogens is 1. The van der Waals surface area contributed by atoms with Crippen LogP contribution in [0, 0.1) is 0 Å². The van der Waals surface area contributed by atoms with E-state index in [-0.39, 0.29) is 0 Å². The van der Waals surface area contributed by atoms with E-state index in [1.165, 1.54) is 0 Å². The maximum atomic E-state index is 6.20. The number of aromatic nitrogens is 3. The number of hydrogen-bond acceptors (Lipinski definition) is 7. The zero-order valence-electron chi connectivity index (χ0n) is 13.8. The minimum atomic E-state index is -0.666. The minimum Gasteiger partial charge on any atom is -0.378 e. The molecule has 8 heteroatoms. The number of hydrogen-bond donors (Lipinski definition) is 2. The molecule has 0 saturated carbocycles. The first-order valence-corrected chi connectivity index (χ1v) is 8.20. The first kappa shape index (κ1) is 16.9. The van der Waals surface area contributed by atoms with Gasteiger partial charge in [-0.05, 0) is 38.1 Å². The summed E-state index contributed by atoms with van der Waals surface area (Å²) in [4.78, 5) is 15.6. The van der Waals surface area contributed by atoms with Crippen LogP contribution in [-0.4, -0.2) is 41.3 Å². The maximum Gasteiger partial charge on any atom is 0.232 e. The van der Waals surface area contributed by atoms with E-state index in [0.717, 1.165) is 18.8 Å². The number of ether oxygens (including phenoxy) is 1. The van der Waals surface area contributed by atoms with Gasteiger partial charge in [0.15, 0.2) is 5.82 Å². The number of benzene rings is 1. The molecule has 128 valence electrons.